The monoisotopic (exact) mass is 257 g/mol. The normalized spacial score (nSPS) is 10.4. The quantitative estimate of drug-likeness (QED) is 0.805. The molecule has 0 saturated carbocycles. The summed E-state index contributed by atoms with van der Waals surface area (Å²) in [5.74, 6) is 0.860. The summed E-state index contributed by atoms with van der Waals surface area (Å²) in [4.78, 5) is 8.48. The number of aryl methyl sites for hydroxylation is 1. The van der Waals surface area contributed by atoms with Gasteiger partial charge in [-0.1, -0.05) is 0 Å². The highest BCUT2D eigenvalue weighted by Crippen LogP contribution is 2.12. The average molecular weight is 257 g/mol. The molecule has 0 atom stereocenters. The van der Waals surface area contributed by atoms with Crippen LogP contribution < -0.4 is 10.1 Å². The zero-order valence-electron chi connectivity index (χ0n) is 11.4. The number of rotatable bonds is 6. The molecule has 0 aliphatic rings. The molecular formula is C15H19N3O. The van der Waals surface area contributed by atoms with E-state index in [2.05, 4.69) is 15.3 Å². The minimum Gasteiger partial charge on any atom is -0.497 e. The highest BCUT2D eigenvalue weighted by atomic mass is 16.5. The van der Waals surface area contributed by atoms with Gasteiger partial charge < -0.3 is 10.1 Å². The van der Waals surface area contributed by atoms with Crippen molar-refractivity contribution < 1.29 is 4.74 Å². The van der Waals surface area contributed by atoms with Gasteiger partial charge in [0.05, 0.1) is 12.8 Å². The van der Waals surface area contributed by atoms with E-state index in [0.29, 0.717) is 0 Å². The van der Waals surface area contributed by atoms with Crippen LogP contribution in [0.5, 0.6) is 5.75 Å². The van der Waals surface area contributed by atoms with Crippen molar-refractivity contribution in [2.24, 2.45) is 0 Å². The minimum atomic E-state index is 0.753. The fraction of sp³-hybridized carbons (Fsp3) is 0.333. The van der Waals surface area contributed by atoms with Gasteiger partial charge in [-0.15, -0.1) is 0 Å². The molecule has 0 saturated heterocycles. The Kier molecular flexibility index (Phi) is 4.86. The van der Waals surface area contributed by atoms with Crippen molar-refractivity contribution in [1.82, 2.24) is 15.3 Å². The Morgan fingerprint density at radius 3 is 2.74 bits per heavy atom. The first kappa shape index (κ1) is 13.5. The molecule has 19 heavy (non-hydrogen) atoms. The number of ether oxygens (including phenoxy) is 1. The first-order valence-electron chi connectivity index (χ1n) is 6.39. The lowest BCUT2D eigenvalue weighted by atomic mass is 10.2. The van der Waals surface area contributed by atoms with Crippen LogP contribution in [-0.4, -0.2) is 23.6 Å². The summed E-state index contributed by atoms with van der Waals surface area (Å²) in [6, 6.07) is 7.97. The van der Waals surface area contributed by atoms with Crippen molar-refractivity contribution in [3.63, 3.8) is 0 Å². The second-order valence-corrected chi connectivity index (χ2v) is 4.42. The third-order valence-electron chi connectivity index (χ3n) is 2.86. The van der Waals surface area contributed by atoms with Crippen LogP contribution in [0.3, 0.4) is 0 Å². The van der Waals surface area contributed by atoms with Gasteiger partial charge in [-0.2, -0.15) is 0 Å². The van der Waals surface area contributed by atoms with Gasteiger partial charge in [0.15, 0.2) is 0 Å². The van der Waals surface area contributed by atoms with E-state index in [9.17, 15) is 0 Å². The zero-order chi connectivity index (χ0) is 13.5. The molecule has 2 aromatic heterocycles. The topological polar surface area (TPSA) is 47.0 Å². The Morgan fingerprint density at radius 1 is 1.21 bits per heavy atom. The number of aromatic nitrogens is 2. The maximum atomic E-state index is 5.24. The molecule has 0 spiro atoms. The van der Waals surface area contributed by atoms with Crippen molar-refractivity contribution in [3.05, 3.63) is 53.6 Å². The van der Waals surface area contributed by atoms with Crippen molar-refractivity contribution in [3.8, 4) is 5.75 Å². The number of nitrogens with one attached hydrogen (secondary N) is 1. The maximum absolute atomic E-state index is 5.24. The van der Waals surface area contributed by atoms with Crippen molar-refractivity contribution >= 4 is 0 Å². The molecule has 100 valence electrons. The van der Waals surface area contributed by atoms with E-state index in [0.717, 1.165) is 36.6 Å². The van der Waals surface area contributed by atoms with E-state index in [1.165, 1.54) is 5.56 Å². The third-order valence-corrected chi connectivity index (χ3v) is 2.86. The summed E-state index contributed by atoms with van der Waals surface area (Å²) in [5.41, 5.74) is 3.27. The van der Waals surface area contributed by atoms with Gasteiger partial charge in [0.25, 0.3) is 0 Å². The average Bonchev–Trinajstić information content (AvgIpc) is 2.44. The van der Waals surface area contributed by atoms with Crippen LogP contribution in [0.15, 0.2) is 36.7 Å². The first-order valence-corrected chi connectivity index (χ1v) is 6.39. The molecule has 4 heteroatoms. The smallest absolute Gasteiger partial charge is 0.122 e. The molecule has 0 aliphatic heterocycles. The Hall–Kier alpha value is -1.94. The first-order chi connectivity index (χ1) is 9.28. The number of pyridine rings is 2. The maximum Gasteiger partial charge on any atom is 0.122 e. The van der Waals surface area contributed by atoms with Crippen LogP contribution in [0.25, 0.3) is 0 Å². The van der Waals surface area contributed by atoms with Crippen LogP contribution in [-0.2, 0) is 13.0 Å². The Balaban J connectivity index is 1.81. The lowest BCUT2D eigenvalue weighted by molar-refractivity contribution is 0.412. The molecule has 2 rings (SSSR count). The second kappa shape index (κ2) is 6.85. The summed E-state index contributed by atoms with van der Waals surface area (Å²) in [6.07, 6.45) is 4.64. The molecule has 2 heterocycles. The summed E-state index contributed by atoms with van der Waals surface area (Å²) in [5, 5.41) is 3.39. The predicted octanol–water partition coefficient (Wildman–Crippen LogP) is 2.13. The third kappa shape index (κ3) is 4.34. The molecule has 0 bridgehead atoms. The van der Waals surface area contributed by atoms with Crippen molar-refractivity contribution in [2.75, 3.05) is 13.7 Å². The largest absolute Gasteiger partial charge is 0.497 e. The van der Waals surface area contributed by atoms with Crippen molar-refractivity contribution in [2.45, 2.75) is 19.9 Å². The molecule has 0 amide bonds. The van der Waals surface area contributed by atoms with Gasteiger partial charge in [-0.05, 0) is 37.6 Å². The molecule has 0 aliphatic carbocycles. The van der Waals surface area contributed by atoms with Gasteiger partial charge in [0.2, 0.25) is 0 Å². The highest BCUT2D eigenvalue weighted by molar-refractivity contribution is 5.26. The summed E-state index contributed by atoms with van der Waals surface area (Å²) < 4.78 is 5.24. The molecular weight excluding hydrogens is 238 g/mol. The molecule has 0 unspecified atom stereocenters. The van der Waals surface area contributed by atoms with Crippen LogP contribution in [0.1, 0.15) is 17.0 Å². The predicted molar refractivity (Wildman–Crippen MR) is 75.2 cm³/mol. The zero-order valence-corrected chi connectivity index (χ0v) is 11.4. The fourth-order valence-corrected chi connectivity index (χ4v) is 1.91. The van der Waals surface area contributed by atoms with Crippen LogP contribution in [0.4, 0.5) is 0 Å². The van der Waals surface area contributed by atoms with E-state index in [-0.39, 0.29) is 0 Å². The minimum absolute atomic E-state index is 0.753. The Bertz CT molecular complexity index is 514. The van der Waals surface area contributed by atoms with Gasteiger partial charge in [0.1, 0.15) is 5.75 Å². The van der Waals surface area contributed by atoms with Crippen LogP contribution in [0.2, 0.25) is 0 Å². The Morgan fingerprint density at radius 2 is 2.00 bits per heavy atom. The molecule has 2 aromatic rings. The van der Waals surface area contributed by atoms with E-state index >= 15 is 0 Å². The lowest BCUT2D eigenvalue weighted by Gasteiger charge is -2.07. The number of hydrogen-bond donors (Lipinski definition) is 1. The molecule has 0 fully saturated rings. The van der Waals surface area contributed by atoms with Gasteiger partial charge >= 0.3 is 0 Å². The number of hydrogen-bond acceptors (Lipinski definition) is 4. The molecule has 0 radical (unpaired) electrons. The number of methoxy groups -OCH3 is 1. The van der Waals surface area contributed by atoms with Crippen molar-refractivity contribution in [1.29, 1.82) is 0 Å². The van der Waals surface area contributed by atoms with Gasteiger partial charge in [-0.3, -0.25) is 9.97 Å². The van der Waals surface area contributed by atoms with E-state index in [4.69, 9.17) is 4.74 Å². The lowest BCUT2D eigenvalue weighted by Crippen LogP contribution is -2.17. The fourth-order valence-electron chi connectivity index (χ4n) is 1.91. The highest BCUT2D eigenvalue weighted by Gasteiger charge is 2.00. The molecule has 1 N–H and O–H groups in total. The summed E-state index contributed by atoms with van der Waals surface area (Å²) in [7, 11) is 1.68. The van der Waals surface area contributed by atoms with Gasteiger partial charge in [0, 0.05) is 36.8 Å². The summed E-state index contributed by atoms with van der Waals surface area (Å²) in [6.45, 7) is 3.65. The van der Waals surface area contributed by atoms with E-state index in [1.807, 2.05) is 43.6 Å². The van der Waals surface area contributed by atoms with Crippen LogP contribution >= 0.6 is 0 Å². The standard InChI is InChI=1S/C15H19N3O/c1-12-9-15(19-2)10-14(18-12)11-17-8-5-13-3-6-16-7-4-13/h3-4,6-7,9-10,17H,5,8,11H2,1-2H3. The van der Waals surface area contributed by atoms with Crippen LogP contribution in [0, 0.1) is 6.92 Å². The summed E-state index contributed by atoms with van der Waals surface area (Å²) >= 11 is 0. The van der Waals surface area contributed by atoms with Gasteiger partial charge in [-0.25, -0.2) is 0 Å². The second-order valence-electron chi connectivity index (χ2n) is 4.42. The SMILES string of the molecule is COc1cc(C)nc(CNCCc2ccncc2)c1. The molecule has 0 aromatic carbocycles. The van der Waals surface area contributed by atoms with E-state index in [1.54, 1.807) is 7.11 Å². The number of nitrogens with zero attached hydrogens (tertiary/aromatic N) is 2. The van der Waals surface area contributed by atoms with E-state index < -0.39 is 0 Å². The molecule has 4 nitrogen and oxygen atoms in total. The Labute approximate surface area is 113 Å².